The van der Waals surface area contributed by atoms with Crippen molar-refractivity contribution in [3.63, 3.8) is 0 Å². The molecule has 0 aromatic heterocycles. The average molecular weight is 1320 g/mol. The number of rotatable bonds is 38. The lowest BCUT2D eigenvalue weighted by Crippen LogP contribution is -2.60. The minimum Gasteiger partial charge on any atom is -0.445 e. The number of aliphatic hydroxyl groups excluding tert-OH is 1. The molecule has 0 saturated carbocycles. The number of hydrogen-bond acceptors (Lipinski definition) is 15. The molecule has 2 aliphatic rings. The van der Waals surface area contributed by atoms with E-state index < -0.39 is 114 Å². The van der Waals surface area contributed by atoms with E-state index in [0.717, 1.165) is 4.90 Å². The van der Waals surface area contributed by atoms with Crippen molar-refractivity contribution in [2.75, 3.05) is 53.3 Å². The summed E-state index contributed by atoms with van der Waals surface area (Å²) >= 11 is 0. The fourth-order valence-corrected chi connectivity index (χ4v) is 12.1. The van der Waals surface area contributed by atoms with Crippen molar-refractivity contribution >= 4 is 71.0 Å². The van der Waals surface area contributed by atoms with Gasteiger partial charge in [0.05, 0.1) is 48.8 Å². The molecule has 1 fully saturated rings. The zero-order valence-corrected chi connectivity index (χ0v) is 57.4. The van der Waals surface area contributed by atoms with Crippen LogP contribution in [0.3, 0.4) is 0 Å². The summed E-state index contributed by atoms with van der Waals surface area (Å²) in [5, 5.41) is 27.6. The third-order valence-corrected chi connectivity index (χ3v) is 17.7. The molecule has 2 aromatic carbocycles. The first-order valence-corrected chi connectivity index (χ1v) is 32.9. The molecule has 94 heavy (non-hydrogen) atoms. The van der Waals surface area contributed by atoms with Gasteiger partial charge in [-0.1, -0.05) is 118 Å². The predicted molar refractivity (Wildman–Crippen MR) is 353 cm³/mol. The second-order valence-corrected chi connectivity index (χ2v) is 25.8. The number of anilines is 1. The first-order valence-electron chi connectivity index (χ1n) is 32.9. The molecule has 522 valence electrons. The van der Waals surface area contributed by atoms with Crippen molar-refractivity contribution in [2.24, 2.45) is 35.3 Å². The Morgan fingerprint density at radius 1 is 0.713 bits per heavy atom. The van der Waals surface area contributed by atoms with E-state index in [9.17, 15) is 57.8 Å². The van der Waals surface area contributed by atoms with Gasteiger partial charge in [0.2, 0.25) is 41.4 Å². The van der Waals surface area contributed by atoms with Crippen LogP contribution in [0.1, 0.15) is 151 Å². The lowest BCUT2D eigenvalue weighted by atomic mass is 9.89. The molecule has 2 aliphatic heterocycles. The SMILES string of the molecule is CC[C@H](C)[C@@H]([C@@H](CC(=O)N1CCC[C@H]1[C@H](OC)[C@@H](C)C(=O)N[C@H](C)[C@@H](O)c1ccccc1)OC)N(C)C(=O)[C@@H](NC(=O)[C@H](C(C)C)N(C)C(=O)OCc1ccc(NC(=O)[C@H](CCCNC(N)=O)NC(=O)[C@H](NC(=O)CCCCCN2C(=O)C=CC2=O)C(C)C)cc1)C(C)C. The standard InChI is InChI=1S/C68H105N11O15/c1-15-43(8)59(51(92-13)38-55(83)78-37-23-27-50(78)61(93-14)44(9)62(85)71-45(10)60(84)47-24-18-16-19-25-47)76(11)66(89)57(41(4)5)75-65(88)58(42(6)7)77(12)68(91)94-39-46-29-31-48(32-30-46)72-63(86)49(26-22-35-70-67(69)90)73-64(87)56(40(2)3)74-52(80)28-20-17-21-36-79-53(81)33-34-54(79)82/h16,18-19,24-25,29-34,40-45,49-51,56-61,84H,15,17,20-23,26-28,35-39H2,1-14H3,(H,71,85)(H,72,86)(H,73,87)(H,74,80)(H,75,88)(H3,69,70,90)/t43-,44+,45+,49-,50-,51+,56+,57-,58-,59-,60+,61+/m0/s1. The highest BCUT2D eigenvalue weighted by Crippen LogP contribution is 2.31. The monoisotopic (exact) mass is 1320 g/mol. The van der Waals surface area contributed by atoms with Crippen LogP contribution in [0.15, 0.2) is 66.7 Å². The molecule has 0 aliphatic carbocycles. The van der Waals surface area contributed by atoms with Gasteiger partial charge in [0, 0.05) is 72.2 Å². The van der Waals surface area contributed by atoms with Crippen LogP contribution in [0.4, 0.5) is 15.3 Å². The number of carbonyl (C=O) groups excluding carboxylic acids is 11. The Hall–Kier alpha value is -7.97. The van der Waals surface area contributed by atoms with Gasteiger partial charge in [0.1, 0.15) is 30.8 Å². The minimum atomic E-state index is -1.11. The molecule has 4 rings (SSSR count). The van der Waals surface area contributed by atoms with Crippen LogP contribution in [0.5, 0.6) is 0 Å². The summed E-state index contributed by atoms with van der Waals surface area (Å²) in [6.45, 7) is 18.6. The summed E-state index contributed by atoms with van der Waals surface area (Å²) in [7, 11) is 6.08. The van der Waals surface area contributed by atoms with E-state index in [1.165, 1.54) is 38.3 Å². The highest BCUT2D eigenvalue weighted by Gasteiger charge is 2.44. The van der Waals surface area contributed by atoms with E-state index in [0.29, 0.717) is 61.9 Å². The summed E-state index contributed by atoms with van der Waals surface area (Å²) in [6, 6.07) is 8.74. The molecular formula is C68H105N11O15. The van der Waals surface area contributed by atoms with Gasteiger partial charge >= 0.3 is 12.1 Å². The smallest absolute Gasteiger partial charge is 0.410 e. The van der Waals surface area contributed by atoms with Gasteiger partial charge in [0.15, 0.2) is 0 Å². The van der Waals surface area contributed by atoms with E-state index in [-0.39, 0.29) is 86.8 Å². The molecule has 9 N–H and O–H groups in total. The van der Waals surface area contributed by atoms with E-state index >= 15 is 0 Å². The molecule has 12 atom stereocenters. The summed E-state index contributed by atoms with van der Waals surface area (Å²) in [6.07, 6.45) is 2.94. The largest absolute Gasteiger partial charge is 0.445 e. The maximum atomic E-state index is 14.8. The first kappa shape index (κ1) is 78.5. The second-order valence-electron chi connectivity index (χ2n) is 25.8. The molecule has 12 amide bonds. The molecule has 2 aromatic rings. The topological polar surface area (TPSA) is 347 Å². The number of urea groups is 1. The zero-order valence-electron chi connectivity index (χ0n) is 57.4. The average Bonchev–Trinajstić information content (AvgIpc) is 1.33. The number of imide groups is 1. The number of nitrogens with one attached hydrogen (secondary N) is 6. The minimum absolute atomic E-state index is 0.0841. The fourth-order valence-electron chi connectivity index (χ4n) is 12.1. The van der Waals surface area contributed by atoms with Crippen LogP contribution in [-0.2, 0) is 64.0 Å². The highest BCUT2D eigenvalue weighted by atomic mass is 16.6. The number of ether oxygens (including phenoxy) is 3. The number of unbranched alkanes of at least 4 members (excludes halogenated alkanes) is 2. The molecular weight excluding hydrogens is 1210 g/mol. The van der Waals surface area contributed by atoms with Crippen molar-refractivity contribution in [1.82, 2.24) is 46.2 Å². The van der Waals surface area contributed by atoms with Crippen molar-refractivity contribution < 1.29 is 72.1 Å². The third kappa shape index (κ3) is 22.9. The number of nitrogens with zero attached hydrogens (tertiary/aromatic N) is 4. The van der Waals surface area contributed by atoms with Gasteiger partial charge in [-0.2, -0.15) is 0 Å². The van der Waals surface area contributed by atoms with Crippen molar-refractivity contribution in [2.45, 2.75) is 201 Å². The Kier molecular flexibility index (Phi) is 32.1. The molecule has 0 spiro atoms. The highest BCUT2D eigenvalue weighted by molar-refractivity contribution is 6.12. The number of amides is 12. The van der Waals surface area contributed by atoms with Gasteiger partial charge in [-0.25, -0.2) is 9.59 Å². The Labute approximate surface area is 554 Å². The molecule has 0 unspecified atom stereocenters. The molecule has 0 bridgehead atoms. The van der Waals surface area contributed by atoms with Crippen LogP contribution in [0, 0.1) is 29.6 Å². The number of benzene rings is 2. The number of likely N-dealkylation sites (N-methyl/N-ethyl adjacent to an activating group) is 2. The lowest BCUT2D eigenvalue weighted by Gasteiger charge is -2.41. The van der Waals surface area contributed by atoms with Gasteiger partial charge in [-0.3, -0.25) is 53.0 Å². The molecule has 2 heterocycles. The third-order valence-electron chi connectivity index (χ3n) is 17.7. The number of hydrogen-bond donors (Lipinski definition) is 8. The van der Waals surface area contributed by atoms with Crippen LogP contribution >= 0.6 is 0 Å². The quantitative estimate of drug-likeness (QED) is 0.0321. The van der Waals surface area contributed by atoms with Crippen molar-refractivity contribution in [1.29, 1.82) is 0 Å². The maximum Gasteiger partial charge on any atom is 0.410 e. The number of aliphatic hydroxyl groups is 1. The van der Waals surface area contributed by atoms with E-state index in [1.54, 1.807) is 109 Å². The summed E-state index contributed by atoms with van der Waals surface area (Å²) in [5.74, 6) is -6.02. The van der Waals surface area contributed by atoms with Crippen LogP contribution in [-0.4, -0.2) is 192 Å². The lowest BCUT2D eigenvalue weighted by molar-refractivity contribution is -0.148. The fraction of sp³-hybridized carbons (Fsp3) is 0.632. The second kappa shape index (κ2) is 38.4. The Balaban J connectivity index is 1.37. The Morgan fingerprint density at radius 3 is 1.93 bits per heavy atom. The van der Waals surface area contributed by atoms with E-state index in [4.69, 9.17) is 19.9 Å². The maximum absolute atomic E-state index is 14.8. The zero-order chi connectivity index (χ0) is 70.1. The van der Waals surface area contributed by atoms with Gasteiger partial charge in [-0.15, -0.1) is 0 Å². The van der Waals surface area contributed by atoms with Gasteiger partial charge < -0.3 is 66.8 Å². The van der Waals surface area contributed by atoms with Crippen molar-refractivity contribution in [3.8, 4) is 0 Å². The molecule has 0 radical (unpaired) electrons. The molecule has 26 heteroatoms. The number of nitrogens with two attached hydrogens (primary N) is 1. The van der Waals surface area contributed by atoms with Crippen LogP contribution in [0.25, 0.3) is 0 Å². The van der Waals surface area contributed by atoms with Gasteiger partial charge in [-0.05, 0) is 92.4 Å². The van der Waals surface area contributed by atoms with Crippen molar-refractivity contribution in [3.05, 3.63) is 77.9 Å². The van der Waals surface area contributed by atoms with Crippen LogP contribution in [0.2, 0.25) is 0 Å². The first-order chi connectivity index (χ1) is 44.5. The molecule has 1 saturated heterocycles. The Morgan fingerprint density at radius 2 is 1.35 bits per heavy atom. The normalized spacial score (nSPS) is 17.4. The van der Waals surface area contributed by atoms with Gasteiger partial charge in [0.25, 0.3) is 11.8 Å². The Bertz CT molecular complexity index is 2880. The molecule has 26 nitrogen and oxygen atoms in total. The number of likely N-dealkylation sites (tertiary alicyclic amines) is 1. The van der Waals surface area contributed by atoms with E-state index in [2.05, 4.69) is 31.9 Å². The number of methoxy groups -OCH3 is 2. The summed E-state index contributed by atoms with van der Waals surface area (Å²) in [5.41, 5.74) is 6.77. The van der Waals surface area contributed by atoms with E-state index in [1.807, 2.05) is 32.0 Å². The van der Waals surface area contributed by atoms with Crippen LogP contribution < -0.4 is 37.6 Å². The summed E-state index contributed by atoms with van der Waals surface area (Å²) in [4.78, 5) is 152. The number of primary amides is 1. The summed E-state index contributed by atoms with van der Waals surface area (Å²) < 4.78 is 17.7. The predicted octanol–water partition coefficient (Wildman–Crippen LogP) is 5.08. The number of carbonyl (C=O) groups is 11.